The van der Waals surface area contributed by atoms with Crippen molar-refractivity contribution in [2.24, 2.45) is 0 Å². The number of hydrogen-bond donors (Lipinski definition) is 0. The van der Waals surface area contributed by atoms with Gasteiger partial charge in [-0.1, -0.05) is 17.7 Å². The van der Waals surface area contributed by atoms with Crippen molar-refractivity contribution in [3.05, 3.63) is 51.8 Å². The van der Waals surface area contributed by atoms with Crippen LogP contribution < -0.4 is 0 Å². The van der Waals surface area contributed by atoms with Crippen LogP contribution in [-0.4, -0.2) is 15.6 Å². The number of hydrogen-bond acceptors (Lipinski definition) is 2. The summed E-state index contributed by atoms with van der Waals surface area (Å²) in [4.78, 5) is 12.1. The molecule has 1 aromatic carbocycles. The summed E-state index contributed by atoms with van der Waals surface area (Å²) in [7, 11) is 0. The molecule has 112 valence electrons. The van der Waals surface area contributed by atoms with Crippen LogP contribution in [0.1, 0.15) is 23.9 Å². The first-order chi connectivity index (χ1) is 9.92. The largest absolute Gasteiger partial charge is 0.299 e. The molecular formula is C15H15ClF2N2O. The summed E-state index contributed by atoms with van der Waals surface area (Å²) < 4.78 is 28.0. The van der Waals surface area contributed by atoms with Gasteiger partial charge in [-0.2, -0.15) is 5.10 Å². The molecule has 2 rings (SSSR count). The molecule has 0 radical (unpaired) electrons. The molecule has 0 amide bonds. The fourth-order valence-electron chi connectivity index (χ4n) is 2.16. The smallest absolute Gasteiger partial charge is 0.143 e. The highest BCUT2D eigenvalue weighted by molar-refractivity contribution is 6.32. The van der Waals surface area contributed by atoms with Crippen LogP contribution in [0.25, 0.3) is 0 Å². The lowest BCUT2D eigenvalue weighted by Gasteiger charge is -2.06. The first kappa shape index (κ1) is 15.6. The zero-order valence-electron chi connectivity index (χ0n) is 11.8. The second-order valence-electron chi connectivity index (χ2n) is 4.79. The minimum atomic E-state index is -0.713. The Labute approximate surface area is 126 Å². The third-order valence-electron chi connectivity index (χ3n) is 3.22. The van der Waals surface area contributed by atoms with Crippen LogP contribution in [0.3, 0.4) is 0 Å². The zero-order chi connectivity index (χ0) is 15.6. The van der Waals surface area contributed by atoms with Gasteiger partial charge >= 0.3 is 0 Å². The Morgan fingerprint density at radius 1 is 1.33 bits per heavy atom. The first-order valence-electron chi connectivity index (χ1n) is 6.59. The van der Waals surface area contributed by atoms with Crippen LogP contribution in [0.5, 0.6) is 0 Å². The summed E-state index contributed by atoms with van der Waals surface area (Å²) in [5.41, 5.74) is 1.47. The number of aryl methyl sites for hydroxylation is 2. The van der Waals surface area contributed by atoms with Crippen LogP contribution >= 0.6 is 11.6 Å². The lowest BCUT2D eigenvalue weighted by atomic mass is 10.0. The third-order valence-corrected chi connectivity index (χ3v) is 3.71. The summed E-state index contributed by atoms with van der Waals surface area (Å²) >= 11 is 6.13. The van der Waals surface area contributed by atoms with E-state index < -0.39 is 11.6 Å². The van der Waals surface area contributed by atoms with Gasteiger partial charge in [0.05, 0.1) is 22.8 Å². The highest BCUT2D eigenvalue weighted by atomic mass is 35.5. The van der Waals surface area contributed by atoms with Crippen molar-refractivity contribution in [1.82, 2.24) is 9.78 Å². The molecule has 0 saturated heterocycles. The highest BCUT2D eigenvalue weighted by Crippen LogP contribution is 2.21. The van der Waals surface area contributed by atoms with Crippen molar-refractivity contribution in [3.63, 3.8) is 0 Å². The maximum Gasteiger partial charge on any atom is 0.143 e. The first-order valence-corrected chi connectivity index (χ1v) is 6.97. The van der Waals surface area contributed by atoms with Crippen molar-refractivity contribution in [2.75, 3.05) is 0 Å². The van der Waals surface area contributed by atoms with E-state index in [1.807, 2.05) is 6.92 Å². The van der Waals surface area contributed by atoms with Crippen LogP contribution in [-0.2, 0) is 24.2 Å². The number of halogens is 3. The lowest BCUT2D eigenvalue weighted by molar-refractivity contribution is -0.117. The Kier molecular flexibility index (Phi) is 4.73. The Morgan fingerprint density at radius 3 is 2.67 bits per heavy atom. The molecule has 3 nitrogen and oxygen atoms in total. The molecule has 2 aromatic rings. The number of nitrogens with zero attached hydrogens (tertiary/aromatic N) is 2. The van der Waals surface area contributed by atoms with Gasteiger partial charge in [0.25, 0.3) is 0 Å². The quantitative estimate of drug-likeness (QED) is 0.847. The van der Waals surface area contributed by atoms with E-state index in [2.05, 4.69) is 5.10 Å². The summed E-state index contributed by atoms with van der Waals surface area (Å²) in [6, 6.07) is 3.20. The number of carbonyl (C=O) groups excluding carboxylic acids is 1. The van der Waals surface area contributed by atoms with Crippen molar-refractivity contribution < 1.29 is 13.6 Å². The zero-order valence-corrected chi connectivity index (χ0v) is 12.5. The van der Waals surface area contributed by atoms with Gasteiger partial charge < -0.3 is 0 Å². The predicted octanol–water partition coefficient (Wildman–Crippen LogP) is 3.50. The molecule has 0 unspecified atom stereocenters. The molecule has 1 aromatic heterocycles. The standard InChI is InChI=1S/C15H15ClF2N2O/c1-3-20-14(15(16)9(2)19-20)8-12(21)6-10-4-5-11(17)7-13(10)18/h4-5,7H,3,6,8H2,1-2H3. The van der Waals surface area contributed by atoms with Crippen molar-refractivity contribution >= 4 is 17.4 Å². The molecule has 0 atom stereocenters. The van der Waals surface area contributed by atoms with Gasteiger partial charge in [-0.05, 0) is 25.5 Å². The summed E-state index contributed by atoms with van der Waals surface area (Å²) in [5.74, 6) is -1.57. The van der Waals surface area contributed by atoms with E-state index in [0.29, 0.717) is 23.0 Å². The van der Waals surface area contributed by atoms with Crippen molar-refractivity contribution in [2.45, 2.75) is 33.2 Å². The molecule has 21 heavy (non-hydrogen) atoms. The third kappa shape index (κ3) is 3.47. The molecule has 0 saturated carbocycles. The molecule has 0 bridgehead atoms. The molecule has 0 spiro atoms. The Hall–Kier alpha value is -1.75. The normalized spacial score (nSPS) is 10.9. The van der Waals surface area contributed by atoms with E-state index in [4.69, 9.17) is 11.6 Å². The van der Waals surface area contributed by atoms with Crippen LogP contribution in [0.2, 0.25) is 5.02 Å². The number of rotatable bonds is 5. The lowest BCUT2D eigenvalue weighted by Crippen LogP contribution is -2.12. The topological polar surface area (TPSA) is 34.9 Å². The fraction of sp³-hybridized carbons (Fsp3) is 0.333. The van der Waals surface area contributed by atoms with Gasteiger partial charge in [0.15, 0.2) is 0 Å². The average molecular weight is 313 g/mol. The molecule has 6 heteroatoms. The molecule has 0 aliphatic rings. The summed E-state index contributed by atoms with van der Waals surface area (Å²) in [6.45, 7) is 4.26. The van der Waals surface area contributed by atoms with Gasteiger partial charge in [-0.25, -0.2) is 8.78 Å². The molecule has 0 fully saturated rings. The van der Waals surface area contributed by atoms with E-state index in [9.17, 15) is 13.6 Å². The van der Waals surface area contributed by atoms with E-state index in [1.54, 1.807) is 11.6 Å². The van der Waals surface area contributed by atoms with E-state index in [-0.39, 0.29) is 24.2 Å². The maximum atomic E-state index is 13.5. The van der Waals surface area contributed by atoms with Gasteiger partial charge in [0, 0.05) is 19.0 Å². The summed E-state index contributed by atoms with van der Waals surface area (Å²) in [5, 5.41) is 4.69. The fourth-order valence-corrected chi connectivity index (χ4v) is 2.37. The van der Waals surface area contributed by atoms with Gasteiger partial charge in [0.1, 0.15) is 17.4 Å². The van der Waals surface area contributed by atoms with Crippen molar-refractivity contribution in [1.29, 1.82) is 0 Å². The van der Waals surface area contributed by atoms with E-state index in [0.717, 1.165) is 12.1 Å². The second-order valence-corrected chi connectivity index (χ2v) is 5.17. The van der Waals surface area contributed by atoms with Crippen molar-refractivity contribution in [3.8, 4) is 0 Å². The van der Waals surface area contributed by atoms with Gasteiger partial charge in [0.2, 0.25) is 0 Å². The molecular weight excluding hydrogens is 298 g/mol. The van der Waals surface area contributed by atoms with Crippen LogP contribution in [0, 0.1) is 18.6 Å². The molecule has 0 aliphatic carbocycles. The monoisotopic (exact) mass is 312 g/mol. The number of Topliss-reactive ketones (excluding diaryl/α,β-unsaturated/α-hetero) is 1. The van der Waals surface area contributed by atoms with Crippen LogP contribution in [0.4, 0.5) is 8.78 Å². The summed E-state index contributed by atoms with van der Waals surface area (Å²) in [6.07, 6.45) is -0.0271. The maximum absolute atomic E-state index is 13.5. The minimum absolute atomic E-state index is 0.0737. The van der Waals surface area contributed by atoms with Gasteiger partial charge in [-0.3, -0.25) is 9.48 Å². The molecule has 0 aliphatic heterocycles. The SMILES string of the molecule is CCn1nc(C)c(Cl)c1CC(=O)Cc1ccc(F)cc1F. The number of aromatic nitrogens is 2. The van der Waals surface area contributed by atoms with Gasteiger partial charge in [-0.15, -0.1) is 0 Å². The number of benzene rings is 1. The Morgan fingerprint density at radius 2 is 2.05 bits per heavy atom. The van der Waals surface area contributed by atoms with Crippen LogP contribution in [0.15, 0.2) is 18.2 Å². The number of carbonyl (C=O) groups is 1. The molecule has 0 N–H and O–H groups in total. The van der Waals surface area contributed by atoms with E-state index >= 15 is 0 Å². The minimum Gasteiger partial charge on any atom is -0.299 e. The highest BCUT2D eigenvalue weighted by Gasteiger charge is 2.17. The second kappa shape index (κ2) is 6.35. The Bertz CT molecular complexity index is 683. The predicted molar refractivity (Wildman–Crippen MR) is 76.4 cm³/mol. The molecule has 1 heterocycles. The Balaban J connectivity index is 2.15. The average Bonchev–Trinajstić information content (AvgIpc) is 2.69. The van der Waals surface area contributed by atoms with E-state index in [1.165, 1.54) is 6.07 Å². The number of ketones is 1.